The van der Waals surface area contributed by atoms with Crippen molar-refractivity contribution < 1.29 is 23.9 Å². The van der Waals surface area contributed by atoms with Gasteiger partial charge in [0.15, 0.2) is 0 Å². The third-order valence-electron chi connectivity index (χ3n) is 4.54. The van der Waals surface area contributed by atoms with Crippen LogP contribution in [0.3, 0.4) is 0 Å². The van der Waals surface area contributed by atoms with Crippen molar-refractivity contribution in [1.29, 1.82) is 0 Å². The van der Waals surface area contributed by atoms with Gasteiger partial charge in [-0.05, 0) is 49.1 Å². The summed E-state index contributed by atoms with van der Waals surface area (Å²) in [5, 5.41) is 3.51. The molecule has 0 aliphatic rings. The highest BCUT2D eigenvalue weighted by atomic mass is 35.5. The molecule has 7 heteroatoms. The van der Waals surface area contributed by atoms with E-state index in [0.717, 1.165) is 16.7 Å². The van der Waals surface area contributed by atoms with Gasteiger partial charge in [-0.3, -0.25) is 14.4 Å². The molecule has 0 saturated heterocycles. The minimum Gasteiger partial charge on any atom is -0.466 e. The van der Waals surface area contributed by atoms with Crippen molar-refractivity contribution in [1.82, 2.24) is 5.32 Å². The van der Waals surface area contributed by atoms with Gasteiger partial charge in [0, 0.05) is 17.5 Å². The van der Waals surface area contributed by atoms with E-state index in [1.165, 1.54) is 0 Å². The second-order valence-corrected chi connectivity index (χ2v) is 7.43. The van der Waals surface area contributed by atoms with Gasteiger partial charge in [0.1, 0.15) is 0 Å². The maximum Gasteiger partial charge on any atom is 0.307 e. The second kappa shape index (κ2) is 12.7. The molecule has 0 aliphatic carbocycles. The molecule has 0 bridgehead atoms. The Kier molecular flexibility index (Phi) is 10.0. The molecule has 0 fully saturated rings. The third-order valence-corrected chi connectivity index (χ3v) is 4.77. The fourth-order valence-corrected chi connectivity index (χ4v) is 3.32. The Morgan fingerprint density at radius 1 is 0.903 bits per heavy atom. The number of ether oxygens (including phenoxy) is 2. The molecule has 31 heavy (non-hydrogen) atoms. The maximum absolute atomic E-state index is 12.3. The fourth-order valence-electron chi connectivity index (χ4n) is 3.13. The molecule has 1 amide bonds. The zero-order chi connectivity index (χ0) is 22.6. The SMILES string of the molecule is CCOC(=O)CCC(=O)N[C@@H](CC(=O)OCC)Cc1ccc(-c2cccc(Cl)c2)cc1. The number of hydrogen-bond acceptors (Lipinski definition) is 5. The summed E-state index contributed by atoms with van der Waals surface area (Å²) in [4.78, 5) is 35.7. The van der Waals surface area contributed by atoms with Gasteiger partial charge in [-0.2, -0.15) is 0 Å². The van der Waals surface area contributed by atoms with E-state index in [-0.39, 0.29) is 44.4 Å². The van der Waals surface area contributed by atoms with Crippen molar-refractivity contribution in [3.63, 3.8) is 0 Å². The lowest BCUT2D eigenvalue weighted by Crippen LogP contribution is -2.38. The average molecular weight is 446 g/mol. The minimum atomic E-state index is -0.439. The first-order chi connectivity index (χ1) is 14.9. The van der Waals surface area contributed by atoms with Crippen molar-refractivity contribution in [3.05, 3.63) is 59.1 Å². The van der Waals surface area contributed by atoms with Crippen LogP contribution in [0.2, 0.25) is 5.02 Å². The second-order valence-electron chi connectivity index (χ2n) is 6.99. The Hall–Kier alpha value is -2.86. The summed E-state index contributed by atoms with van der Waals surface area (Å²) in [5.74, 6) is -1.11. The number of carbonyl (C=O) groups is 3. The Morgan fingerprint density at radius 3 is 2.23 bits per heavy atom. The van der Waals surface area contributed by atoms with E-state index in [9.17, 15) is 14.4 Å². The number of benzene rings is 2. The number of nitrogens with one attached hydrogen (secondary N) is 1. The smallest absolute Gasteiger partial charge is 0.307 e. The molecule has 0 saturated carbocycles. The van der Waals surface area contributed by atoms with Crippen LogP contribution in [0.15, 0.2) is 48.5 Å². The van der Waals surface area contributed by atoms with Gasteiger partial charge >= 0.3 is 11.9 Å². The summed E-state index contributed by atoms with van der Waals surface area (Å²) < 4.78 is 9.88. The van der Waals surface area contributed by atoms with Crippen molar-refractivity contribution in [2.75, 3.05) is 13.2 Å². The van der Waals surface area contributed by atoms with Crippen LogP contribution in [0.5, 0.6) is 0 Å². The van der Waals surface area contributed by atoms with E-state index < -0.39 is 12.0 Å². The maximum atomic E-state index is 12.3. The van der Waals surface area contributed by atoms with E-state index in [1.54, 1.807) is 13.8 Å². The lowest BCUT2D eigenvalue weighted by Gasteiger charge is -2.18. The molecule has 0 radical (unpaired) electrons. The number of esters is 2. The van der Waals surface area contributed by atoms with E-state index >= 15 is 0 Å². The molecule has 2 rings (SSSR count). The molecule has 0 aromatic heterocycles. The van der Waals surface area contributed by atoms with Crippen molar-refractivity contribution in [2.24, 2.45) is 0 Å². The van der Waals surface area contributed by atoms with Gasteiger partial charge < -0.3 is 14.8 Å². The third kappa shape index (κ3) is 8.80. The summed E-state index contributed by atoms with van der Waals surface area (Å²) >= 11 is 6.07. The van der Waals surface area contributed by atoms with Crippen molar-refractivity contribution in [3.8, 4) is 11.1 Å². The van der Waals surface area contributed by atoms with Gasteiger partial charge in [0.25, 0.3) is 0 Å². The van der Waals surface area contributed by atoms with Crippen LogP contribution in [0.25, 0.3) is 11.1 Å². The monoisotopic (exact) mass is 445 g/mol. The van der Waals surface area contributed by atoms with Gasteiger partial charge in [0.05, 0.1) is 26.1 Å². The fraction of sp³-hybridized carbons (Fsp3) is 0.375. The predicted octanol–water partition coefficient (Wildman–Crippen LogP) is 4.33. The summed E-state index contributed by atoms with van der Waals surface area (Å²) in [5.41, 5.74) is 2.99. The number of carbonyl (C=O) groups excluding carboxylic acids is 3. The minimum absolute atomic E-state index is 0.000131. The molecule has 2 aromatic carbocycles. The van der Waals surface area contributed by atoms with E-state index in [1.807, 2.05) is 48.5 Å². The molecule has 0 heterocycles. The molecule has 6 nitrogen and oxygen atoms in total. The van der Waals surface area contributed by atoms with E-state index in [2.05, 4.69) is 5.32 Å². The standard InChI is InChI=1S/C24H28ClNO5/c1-3-30-23(28)13-12-22(27)26-21(16-24(29)31-4-2)14-17-8-10-18(11-9-17)19-6-5-7-20(25)15-19/h5-11,15,21H,3-4,12-14,16H2,1-2H3,(H,26,27)/t21-/m1/s1. The normalized spacial score (nSPS) is 11.5. The van der Waals surface area contributed by atoms with Crippen molar-refractivity contribution >= 4 is 29.4 Å². The van der Waals surface area contributed by atoms with Crippen LogP contribution < -0.4 is 5.32 Å². The first-order valence-electron chi connectivity index (χ1n) is 10.4. The number of amides is 1. The van der Waals surface area contributed by atoms with Gasteiger partial charge in [0.2, 0.25) is 5.91 Å². The molecule has 1 atom stereocenters. The van der Waals surface area contributed by atoms with Crippen LogP contribution in [-0.4, -0.2) is 37.1 Å². The zero-order valence-electron chi connectivity index (χ0n) is 17.9. The summed E-state index contributed by atoms with van der Waals surface area (Å²) in [6.45, 7) is 4.00. The Labute approximate surface area is 187 Å². The van der Waals surface area contributed by atoms with Gasteiger partial charge in [-0.15, -0.1) is 0 Å². The van der Waals surface area contributed by atoms with Crippen LogP contribution in [0.4, 0.5) is 0 Å². The molecule has 0 aliphatic heterocycles. The molecular weight excluding hydrogens is 418 g/mol. The quantitative estimate of drug-likeness (QED) is 0.520. The Balaban J connectivity index is 2.03. The Bertz CT molecular complexity index is 882. The largest absolute Gasteiger partial charge is 0.466 e. The first kappa shape index (κ1) is 24.4. The van der Waals surface area contributed by atoms with Crippen LogP contribution in [0.1, 0.15) is 38.7 Å². The highest BCUT2D eigenvalue weighted by Gasteiger charge is 2.19. The summed E-state index contributed by atoms with van der Waals surface area (Å²) in [7, 11) is 0. The number of halogens is 1. The molecule has 0 unspecified atom stereocenters. The number of hydrogen-bond donors (Lipinski definition) is 1. The molecule has 2 aromatic rings. The van der Waals surface area contributed by atoms with E-state index in [4.69, 9.17) is 21.1 Å². The van der Waals surface area contributed by atoms with Crippen LogP contribution in [0, 0.1) is 0 Å². The van der Waals surface area contributed by atoms with Gasteiger partial charge in [-0.1, -0.05) is 48.0 Å². The lowest BCUT2D eigenvalue weighted by molar-refractivity contribution is -0.145. The molecule has 1 N–H and O–H groups in total. The Morgan fingerprint density at radius 2 is 1.58 bits per heavy atom. The van der Waals surface area contributed by atoms with E-state index in [0.29, 0.717) is 11.4 Å². The molecule has 0 spiro atoms. The van der Waals surface area contributed by atoms with Crippen LogP contribution in [-0.2, 0) is 30.3 Å². The topological polar surface area (TPSA) is 81.7 Å². The summed E-state index contributed by atoms with van der Waals surface area (Å²) in [6, 6.07) is 15.0. The lowest BCUT2D eigenvalue weighted by atomic mass is 9.99. The van der Waals surface area contributed by atoms with Gasteiger partial charge in [-0.25, -0.2) is 0 Å². The highest BCUT2D eigenvalue weighted by molar-refractivity contribution is 6.30. The number of rotatable bonds is 11. The zero-order valence-corrected chi connectivity index (χ0v) is 18.6. The highest BCUT2D eigenvalue weighted by Crippen LogP contribution is 2.23. The average Bonchev–Trinajstić information content (AvgIpc) is 2.73. The van der Waals surface area contributed by atoms with Crippen LogP contribution >= 0.6 is 11.6 Å². The predicted molar refractivity (Wildman–Crippen MR) is 120 cm³/mol. The molecule has 166 valence electrons. The molecular formula is C24H28ClNO5. The summed E-state index contributed by atoms with van der Waals surface area (Å²) in [6.07, 6.45) is 0.515. The first-order valence-corrected chi connectivity index (χ1v) is 10.7. The van der Waals surface area contributed by atoms with Crippen molar-refractivity contribution in [2.45, 2.75) is 45.6 Å².